The van der Waals surface area contributed by atoms with Crippen molar-refractivity contribution in [1.82, 2.24) is 0 Å². The highest BCUT2D eigenvalue weighted by Gasteiger charge is 1.99. The fraction of sp³-hybridized carbons (Fsp3) is 1.00. The molecule has 0 fully saturated rings. The van der Waals surface area contributed by atoms with Gasteiger partial charge in [0.25, 0.3) is 0 Å². The molecule has 50 valence electrons. The molecular weight excluding hydrogens is 178 g/mol. The van der Waals surface area contributed by atoms with E-state index in [-0.39, 0.29) is 6.42 Å². The fourth-order valence-corrected chi connectivity index (χ4v) is 0.790. The third kappa shape index (κ3) is 6.34. The lowest BCUT2D eigenvalue weighted by molar-refractivity contribution is 0.134. The summed E-state index contributed by atoms with van der Waals surface area (Å²) in [4.78, 5) is 0. The van der Waals surface area contributed by atoms with Crippen molar-refractivity contribution in [2.45, 2.75) is 25.7 Å². The van der Waals surface area contributed by atoms with Crippen molar-refractivity contribution in [2.75, 3.05) is 5.33 Å². The monoisotopic (exact) mass is 186 g/mol. The molecule has 0 amide bonds. The predicted molar refractivity (Wildman–Crippen MR) is 33.6 cm³/mol. The van der Waals surface area contributed by atoms with E-state index in [2.05, 4.69) is 15.9 Å². The molecule has 0 atom stereocenters. The summed E-state index contributed by atoms with van der Waals surface area (Å²) < 4.78 is 22.7. The van der Waals surface area contributed by atoms with Crippen molar-refractivity contribution in [3.05, 3.63) is 0 Å². The summed E-state index contributed by atoms with van der Waals surface area (Å²) in [5, 5.41) is 0.833. The second-order valence-corrected chi connectivity index (χ2v) is 2.37. The lowest BCUT2D eigenvalue weighted by Gasteiger charge is -1.94. The van der Waals surface area contributed by atoms with Crippen molar-refractivity contribution < 1.29 is 8.78 Å². The van der Waals surface area contributed by atoms with Gasteiger partial charge in [0, 0.05) is 11.8 Å². The standard InChI is InChI=1S/C5H9BrF2/c6-4-2-1-3-5(7)8/h5H,1-4H2. The van der Waals surface area contributed by atoms with Gasteiger partial charge in [-0.3, -0.25) is 0 Å². The molecule has 0 rings (SSSR count). The highest BCUT2D eigenvalue weighted by molar-refractivity contribution is 9.09. The molecule has 0 saturated carbocycles. The van der Waals surface area contributed by atoms with E-state index >= 15 is 0 Å². The molecule has 0 saturated heterocycles. The number of halogens is 3. The summed E-state index contributed by atoms with van der Waals surface area (Å²) in [6.45, 7) is 0. The van der Waals surface area contributed by atoms with Gasteiger partial charge in [-0.25, -0.2) is 8.78 Å². The largest absolute Gasteiger partial charge is 0.238 e. The summed E-state index contributed by atoms with van der Waals surface area (Å²) in [5.74, 6) is 0. The summed E-state index contributed by atoms with van der Waals surface area (Å²) in [7, 11) is 0. The van der Waals surface area contributed by atoms with Gasteiger partial charge in [-0.1, -0.05) is 15.9 Å². The summed E-state index contributed by atoms with van der Waals surface area (Å²) >= 11 is 3.15. The first-order chi connectivity index (χ1) is 3.77. The molecule has 0 aliphatic heterocycles. The van der Waals surface area contributed by atoms with Gasteiger partial charge < -0.3 is 0 Å². The number of unbranched alkanes of at least 4 members (excludes halogenated alkanes) is 1. The second-order valence-electron chi connectivity index (χ2n) is 1.58. The van der Waals surface area contributed by atoms with Gasteiger partial charge in [0.1, 0.15) is 0 Å². The fourth-order valence-electron chi connectivity index (χ4n) is 0.393. The Morgan fingerprint density at radius 3 is 2.25 bits per heavy atom. The average molecular weight is 187 g/mol. The molecular formula is C5H9BrF2. The topological polar surface area (TPSA) is 0 Å². The van der Waals surface area contributed by atoms with Crippen molar-refractivity contribution in [2.24, 2.45) is 0 Å². The molecule has 0 aromatic carbocycles. The highest BCUT2D eigenvalue weighted by atomic mass is 79.9. The van der Waals surface area contributed by atoms with Crippen LogP contribution >= 0.6 is 15.9 Å². The minimum Gasteiger partial charge on any atom is -0.211 e. The van der Waals surface area contributed by atoms with Crippen LogP contribution in [0.1, 0.15) is 19.3 Å². The Labute approximate surface area is 56.4 Å². The Hall–Kier alpha value is 0.340. The van der Waals surface area contributed by atoms with Gasteiger partial charge in [0.2, 0.25) is 6.43 Å². The minimum atomic E-state index is -2.12. The molecule has 0 unspecified atom stereocenters. The van der Waals surface area contributed by atoms with Crippen molar-refractivity contribution >= 4 is 15.9 Å². The predicted octanol–water partition coefficient (Wildman–Crippen LogP) is 2.82. The van der Waals surface area contributed by atoms with E-state index in [0.717, 1.165) is 11.8 Å². The van der Waals surface area contributed by atoms with Gasteiger partial charge in [-0.2, -0.15) is 0 Å². The molecule has 0 radical (unpaired) electrons. The number of hydrogen-bond acceptors (Lipinski definition) is 0. The minimum absolute atomic E-state index is 0.0472. The zero-order valence-electron chi connectivity index (χ0n) is 4.54. The number of hydrogen-bond donors (Lipinski definition) is 0. The van der Waals surface area contributed by atoms with Crippen molar-refractivity contribution in [3.63, 3.8) is 0 Å². The first-order valence-electron chi connectivity index (χ1n) is 2.61. The van der Waals surface area contributed by atoms with Crippen LogP contribution in [-0.4, -0.2) is 11.8 Å². The van der Waals surface area contributed by atoms with E-state index in [0.29, 0.717) is 6.42 Å². The third-order valence-corrected chi connectivity index (χ3v) is 1.37. The van der Waals surface area contributed by atoms with Crippen LogP contribution < -0.4 is 0 Å². The maximum atomic E-state index is 11.3. The van der Waals surface area contributed by atoms with Gasteiger partial charge in [0.05, 0.1) is 0 Å². The Balaban J connectivity index is 2.72. The summed E-state index contributed by atoms with van der Waals surface area (Å²) in [5.41, 5.74) is 0. The number of rotatable bonds is 4. The molecule has 3 heteroatoms. The SMILES string of the molecule is FC(F)CCCCBr. The van der Waals surface area contributed by atoms with Crippen LogP contribution in [0.25, 0.3) is 0 Å². The van der Waals surface area contributed by atoms with Gasteiger partial charge in [0.15, 0.2) is 0 Å². The maximum Gasteiger partial charge on any atom is 0.238 e. The van der Waals surface area contributed by atoms with Gasteiger partial charge in [-0.15, -0.1) is 0 Å². The van der Waals surface area contributed by atoms with E-state index < -0.39 is 6.43 Å². The third-order valence-electron chi connectivity index (χ3n) is 0.806. The smallest absolute Gasteiger partial charge is 0.211 e. The normalized spacial score (nSPS) is 10.5. The Bertz CT molecular complexity index is 47.7. The molecule has 0 N–H and O–H groups in total. The molecule has 0 aromatic rings. The average Bonchev–Trinajstić information content (AvgIpc) is 1.66. The molecule has 0 aromatic heterocycles. The van der Waals surface area contributed by atoms with Crippen LogP contribution in [0.3, 0.4) is 0 Å². The molecule has 8 heavy (non-hydrogen) atoms. The van der Waals surface area contributed by atoms with E-state index in [9.17, 15) is 8.78 Å². The van der Waals surface area contributed by atoms with Crippen LogP contribution in [0.15, 0.2) is 0 Å². The van der Waals surface area contributed by atoms with Crippen LogP contribution in [0.4, 0.5) is 8.78 Å². The highest BCUT2D eigenvalue weighted by Crippen LogP contribution is 2.05. The van der Waals surface area contributed by atoms with Crippen LogP contribution in [0.5, 0.6) is 0 Å². The molecule has 0 heterocycles. The van der Waals surface area contributed by atoms with E-state index in [4.69, 9.17) is 0 Å². The molecule has 0 aliphatic carbocycles. The summed E-state index contributed by atoms with van der Waals surface area (Å²) in [6.07, 6.45) is -0.590. The van der Waals surface area contributed by atoms with Crippen LogP contribution in [-0.2, 0) is 0 Å². The Morgan fingerprint density at radius 2 is 1.88 bits per heavy atom. The molecule has 0 nitrogen and oxygen atoms in total. The van der Waals surface area contributed by atoms with Gasteiger partial charge >= 0.3 is 0 Å². The van der Waals surface area contributed by atoms with Crippen LogP contribution in [0.2, 0.25) is 0 Å². The summed E-state index contributed by atoms with van der Waals surface area (Å²) in [6, 6.07) is 0. The second kappa shape index (κ2) is 5.48. The van der Waals surface area contributed by atoms with Crippen molar-refractivity contribution in [1.29, 1.82) is 0 Å². The lowest BCUT2D eigenvalue weighted by Crippen LogP contribution is -1.89. The van der Waals surface area contributed by atoms with E-state index in [1.807, 2.05) is 0 Å². The van der Waals surface area contributed by atoms with Gasteiger partial charge in [-0.05, 0) is 12.8 Å². The molecule has 0 spiro atoms. The number of alkyl halides is 3. The molecule has 0 aliphatic rings. The Kier molecular flexibility index (Phi) is 5.71. The zero-order valence-corrected chi connectivity index (χ0v) is 6.13. The van der Waals surface area contributed by atoms with E-state index in [1.54, 1.807) is 0 Å². The van der Waals surface area contributed by atoms with Crippen LogP contribution in [0, 0.1) is 0 Å². The van der Waals surface area contributed by atoms with E-state index in [1.165, 1.54) is 0 Å². The maximum absolute atomic E-state index is 11.3. The lowest BCUT2D eigenvalue weighted by atomic mass is 10.3. The first-order valence-corrected chi connectivity index (χ1v) is 3.73. The molecule has 0 bridgehead atoms. The quantitative estimate of drug-likeness (QED) is 0.468. The first kappa shape index (κ1) is 8.34. The van der Waals surface area contributed by atoms with Crippen molar-refractivity contribution in [3.8, 4) is 0 Å². The zero-order chi connectivity index (χ0) is 6.41. The Morgan fingerprint density at radius 1 is 1.25 bits per heavy atom.